The molecule has 0 heterocycles. The second-order valence-electron chi connectivity index (χ2n) is 7.36. The lowest BCUT2D eigenvalue weighted by molar-refractivity contribution is 0.0992. The first-order valence-corrected chi connectivity index (χ1v) is 11.3. The van der Waals surface area contributed by atoms with Crippen molar-refractivity contribution in [2.24, 2.45) is 0 Å². The number of ether oxygens (including phenoxy) is 2. The summed E-state index contributed by atoms with van der Waals surface area (Å²) in [6.45, 7) is 3.64. The molecule has 3 aromatic carbocycles. The van der Waals surface area contributed by atoms with E-state index in [-0.39, 0.29) is 16.4 Å². The molecule has 7 nitrogen and oxygen atoms in total. The third-order valence-corrected chi connectivity index (χ3v) is 6.46. The minimum absolute atomic E-state index is 0.00803. The molecule has 3 rings (SSSR count). The van der Waals surface area contributed by atoms with E-state index in [1.165, 1.54) is 31.3 Å². The summed E-state index contributed by atoms with van der Waals surface area (Å²) < 4.78 is 39.0. The summed E-state index contributed by atoms with van der Waals surface area (Å²) in [6, 6.07) is 16.7. The zero-order chi connectivity index (χ0) is 23.5. The summed E-state index contributed by atoms with van der Waals surface area (Å²) in [6.07, 6.45) is 0. The van der Waals surface area contributed by atoms with Crippen LogP contribution < -0.4 is 19.1 Å². The highest BCUT2D eigenvalue weighted by Crippen LogP contribution is 2.32. The highest BCUT2D eigenvalue weighted by Gasteiger charge is 2.21. The summed E-state index contributed by atoms with van der Waals surface area (Å²) in [7, 11) is 0.801. The normalized spacial score (nSPS) is 11.0. The van der Waals surface area contributed by atoms with Crippen molar-refractivity contribution < 1.29 is 22.7 Å². The van der Waals surface area contributed by atoms with Crippen molar-refractivity contribution >= 4 is 27.3 Å². The van der Waals surface area contributed by atoms with Crippen molar-refractivity contribution in [1.29, 1.82) is 0 Å². The lowest BCUT2D eigenvalue weighted by Gasteiger charge is -2.20. The molecule has 0 aliphatic rings. The maximum Gasteiger partial charge on any atom is 0.261 e. The van der Waals surface area contributed by atoms with Gasteiger partial charge in [0.05, 0.1) is 19.1 Å². The van der Waals surface area contributed by atoms with Gasteiger partial charge in [-0.05, 0) is 61.4 Å². The smallest absolute Gasteiger partial charge is 0.261 e. The number of amides is 1. The van der Waals surface area contributed by atoms with Gasteiger partial charge >= 0.3 is 0 Å². The van der Waals surface area contributed by atoms with Crippen LogP contribution in [-0.4, -0.2) is 35.6 Å². The second-order valence-corrected chi connectivity index (χ2v) is 9.04. The molecule has 1 amide bonds. The van der Waals surface area contributed by atoms with E-state index in [0.717, 1.165) is 5.56 Å². The number of carbonyl (C=O) groups is 1. The molecule has 0 bridgehead atoms. The lowest BCUT2D eigenvalue weighted by atomic mass is 10.1. The number of rotatable bonds is 7. The standard InChI is InChI=1S/C24H26N2O5S/c1-16-7-6-8-18(13-16)25-32(28,29)20-11-9-17(2)21(15-20)24(27)26(3)19-10-12-22(30-4)23(14-19)31-5/h6-15,25H,1-5H3. The maximum absolute atomic E-state index is 13.2. The van der Waals surface area contributed by atoms with Crippen molar-refractivity contribution in [2.45, 2.75) is 18.7 Å². The van der Waals surface area contributed by atoms with E-state index in [4.69, 9.17) is 9.47 Å². The second kappa shape index (κ2) is 9.32. The van der Waals surface area contributed by atoms with Gasteiger partial charge in [-0.2, -0.15) is 0 Å². The number of nitrogens with one attached hydrogen (secondary N) is 1. The Labute approximate surface area is 188 Å². The van der Waals surface area contributed by atoms with Crippen LogP contribution in [0.1, 0.15) is 21.5 Å². The summed E-state index contributed by atoms with van der Waals surface area (Å²) >= 11 is 0. The SMILES string of the molecule is COc1ccc(N(C)C(=O)c2cc(S(=O)(=O)Nc3cccc(C)c3)ccc2C)cc1OC. The number of aryl methyl sites for hydroxylation is 2. The van der Waals surface area contributed by atoms with Gasteiger partial charge in [-0.1, -0.05) is 18.2 Å². The Morgan fingerprint density at radius 3 is 2.28 bits per heavy atom. The number of carbonyl (C=O) groups excluding carboxylic acids is 1. The molecule has 0 unspecified atom stereocenters. The molecule has 0 saturated carbocycles. The number of anilines is 2. The zero-order valence-corrected chi connectivity index (χ0v) is 19.5. The van der Waals surface area contributed by atoms with Crippen molar-refractivity contribution in [3.05, 3.63) is 77.4 Å². The molecular formula is C24H26N2O5S. The monoisotopic (exact) mass is 454 g/mol. The molecule has 8 heteroatoms. The molecule has 0 spiro atoms. The molecule has 3 aromatic rings. The first-order valence-electron chi connectivity index (χ1n) is 9.86. The van der Waals surface area contributed by atoms with Crippen LogP contribution >= 0.6 is 0 Å². The third kappa shape index (κ3) is 4.86. The molecule has 0 atom stereocenters. The van der Waals surface area contributed by atoms with Crippen LogP contribution in [0.15, 0.2) is 65.6 Å². The Morgan fingerprint density at radius 2 is 1.62 bits per heavy atom. The van der Waals surface area contributed by atoms with E-state index in [9.17, 15) is 13.2 Å². The molecule has 0 fully saturated rings. The zero-order valence-electron chi connectivity index (χ0n) is 18.7. The lowest BCUT2D eigenvalue weighted by Crippen LogP contribution is -2.27. The topological polar surface area (TPSA) is 84.9 Å². The molecular weight excluding hydrogens is 428 g/mol. The fraction of sp³-hybridized carbons (Fsp3) is 0.208. The van der Waals surface area contributed by atoms with Crippen LogP contribution in [0.3, 0.4) is 0 Å². The van der Waals surface area contributed by atoms with E-state index in [0.29, 0.717) is 28.4 Å². The van der Waals surface area contributed by atoms with Gasteiger partial charge in [-0.15, -0.1) is 0 Å². The molecule has 0 aromatic heterocycles. The molecule has 168 valence electrons. The van der Waals surface area contributed by atoms with Gasteiger partial charge in [0.25, 0.3) is 15.9 Å². The van der Waals surface area contributed by atoms with Crippen LogP contribution in [0.25, 0.3) is 0 Å². The van der Waals surface area contributed by atoms with Gasteiger partial charge < -0.3 is 14.4 Å². The summed E-state index contributed by atoms with van der Waals surface area (Å²) in [5.41, 5.74) is 2.92. The van der Waals surface area contributed by atoms with Gasteiger partial charge in [0.2, 0.25) is 0 Å². The predicted molar refractivity (Wildman–Crippen MR) is 125 cm³/mol. The molecule has 0 aliphatic carbocycles. The molecule has 1 N–H and O–H groups in total. The van der Waals surface area contributed by atoms with E-state index in [1.807, 2.05) is 13.0 Å². The molecule has 0 radical (unpaired) electrons. The van der Waals surface area contributed by atoms with Crippen molar-refractivity contribution in [3.8, 4) is 11.5 Å². The predicted octanol–water partition coefficient (Wildman–Crippen LogP) is 4.40. The third-order valence-electron chi connectivity index (χ3n) is 5.08. The van der Waals surface area contributed by atoms with E-state index in [2.05, 4.69) is 4.72 Å². The van der Waals surface area contributed by atoms with Gasteiger partial charge in [0.15, 0.2) is 11.5 Å². The molecule has 0 saturated heterocycles. The van der Waals surface area contributed by atoms with Crippen molar-refractivity contribution in [3.63, 3.8) is 0 Å². The minimum atomic E-state index is -3.87. The van der Waals surface area contributed by atoms with Crippen molar-refractivity contribution in [2.75, 3.05) is 30.9 Å². The van der Waals surface area contributed by atoms with Crippen molar-refractivity contribution in [1.82, 2.24) is 0 Å². The minimum Gasteiger partial charge on any atom is -0.493 e. The van der Waals surface area contributed by atoms with E-state index >= 15 is 0 Å². The number of hydrogen-bond donors (Lipinski definition) is 1. The number of methoxy groups -OCH3 is 2. The number of sulfonamides is 1. The molecule has 32 heavy (non-hydrogen) atoms. The number of hydrogen-bond acceptors (Lipinski definition) is 5. The quantitative estimate of drug-likeness (QED) is 0.572. The van der Waals surface area contributed by atoms with Gasteiger partial charge in [-0.3, -0.25) is 9.52 Å². The Balaban J connectivity index is 1.93. The average molecular weight is 455 g/mol. The van der Waals surface area contributed by atoms with Crippen LogP contribution in [0.4, 0.5) is 11.4 Å². The van der Waals surface area contributed by atoms with Crippen LogP contribution in [-0.2, 0) is 10.0 Å². The Hall–Kier alpha value is -3.52. The number of nitrogens with zero attached hydrogens (tertiary/aromatic N) is 1. The first-order chi connectivity index (χ1) is 15.2. The van der Waals surface area contributed by atoms with E-state index < -0.39 is 10.0 Å². The van der Waals surface area contributed by atoms with Crippen LogP contribution in [0, 0.1) is 13.8 Å². The van der Waals surface area contributed by atoms with Gasteiger partial charge in [-0.25, -0.2) is 8.42 Å². The highest BCUT2D eigenvalue weighted by molar-refractivity contribution is 7.92. The highest BCUT2D eigenvalue weighted by atomic mass is 32.2. The van der Waals surface area contributed by atoms with Crippen LogP contribution in [0.2, 0.25) is 0 Å². The summed E-state index contributed by atoms with van der Waals surface area (Å²) in [4.78, 5) is 14.7. The fourth-order valence-corrected chi connectivity index (χ4v) is 4.33. The number of benzene rings is 3. The summed E-state index contributed by atoms with van der Waals surface area (Å²) in [5, 5.41) is 0. The van der Waals surface area contributed by atoms with Gasteiger partial charge in [0, 0.05) is 30.1 Å². The Bertz CT molecular complexity index is 1250. The Morgan fingerprint density at radius 1 is 0.906 bits per heavy atom. The van der Waals surface area contributed by atoms with Crippen LogP contribution in [0.5, 0.6) is 11.5 Å². The van der Waals surface area contributed by atoms with Gasteiger partial charge in [0.1, 0.15) is 0 Å². The molecule has 0 aliphatic heterocycles. The average Bonchev–Trinajstić information content (AvgIpc) is 2.77. The van der Waals surface area contributed by atoms with E-state index in [1.54, 1.807) is 56.4 Å². The first kappa shape index (κ1) is 23.1. The Kier molecular flexibility index (Phi) is 6.74. The maximum atomic E-state index is 13.2. The fourth-order valence-electron chi connectivity index (χ4n) is 3.25. The largest absolute Gasteiger partial charge is 0.493 e. The summed E-state index contributed by atoms with van der Waals surface area (Å²) in [5.74, 6) is 0.686.